The van der Waals surface area contributed by atoms with Crippen LogP contribution in [0.2, 0.25) is 10.0 Å². The maximum atomic E-state index is 13.6. The SMILES string of the molecule is Cc1nn2c(-c3ccc(Cl)cc3)c(-c3ccccc3Cl)cnc2c1C(=O)NC1(CN)CCCCC1. The van der Waals surface area contributed by atoms with Crippen molar-refractivity contribution in [1.82, 2.24) is 19.9 Å². The number of nitrogens with zero attached hydrogens (tertiary/aromatic N) is 3. The van der Waals surface area contributed by atoms with Crippen molar-refractivity contribution in [3.05, 3.63) is 76.0 Å². The van der Waals surface area contributed by atoms with Crippen molar-refractivity contribution in [2.24, 2.45) is 5.73 Å². The van der Waals surface area contributed by atoms with E-state index in [1.807, 2.05) is 55.5 Å². The molecular formula is C27H27Cl2N5O. The smallest absolute Gasteiger partial charge is 0.257 e. The summed E-state index contributed by atoms with van der Waals surface area (Å²) in [6, 6.07) is 15.1. The molecule has 3 N–H and O–H groups in total. The Morgan fingerprint density at radius 1 is 1.06 bits per heavy atom. The Bertz CT molecular complexity index is 1390. The second kappa shape index (κ2) is 9.61. The van der Waals surface area contributed by atoms with Crippen LogP contribution < -0.4 is 11.1 Å². The van der Waals surface area contributed by atoms with Crippen LogP contribution in [-0.2, 0) is 0 Å². The van der Waals surface area contributed by atoms with Crippen molar-refractivity contribution in [2.45, 2.75) is 44.6 Å². The number of hydrogen-bond acceptors (Lipinski definition) is 4. The van der Waals surface area contributed by atoms with E-state index in [9.17, 15) is 4.79 Å². The lowest BCUT2D eigenvalue weighted by Crippen LogP contribution is -2.54. The lowest BCUT2D eigenvalue weighted by Gasteiger charge is -2.37. The highest BCUT2D eigenvalue weighted by atomic mass is 35.5. The molecule has 2 aromatic carbocycles. The summed E-state index contributed by atoms with van der Waals surface area (Å²) >= 11 is 12.7. The van der Waals surface area contributed by atoms with Crippen molar-refractivity contribution < 1.29 is 4.79 Å². The fraction of sp³-hybridized carbons (Fsp3) is 0.296. The minimum atomic E-state index is -0.382. The molecule has 0 aliphatic heterocycles. The van der Waals surface area contributed by atoms with Gasteiger partial charge in [0.15, 0.2) is 5.65 Å². The van der Waals surface area contributed by atoms with Crippen LogP contribution in [0.15, 0.2) is 54.7 Å². The Morgan fingerprint density at radius 2 is 1.77 bits per heavy atom. The van der Waals surface area contributed by atoms with Crippen LogP contribution in [0, 0.1) is 6.92 Å². The van der Waals surface area contributed by atoms with Crippen molar-refractivity contribution >= 4 is 34.8 Å². The highest BCUT2D eigenvalue weighted by molar-refractivity contribution is 6.33. The molecule has 1 aliphatic carbocycles. The molecule has 8 heteroatoms. The second-order valence-corrected chi connectivity index (χ2v) is 10.0. The molecule has 6 nitrogen and oxygen atoms in total. The fourth-order valence-electron chi connectivity index (χ4n) is 5.03. The van der Waals surface area contributed by atoms with E-state index < -0.39 is 0 Å². The first kappa shape index (κ1) is 23.8. The van der Waals surface area contributed by atoms with Crippen molar-refractivity contribution in [2.75, 3.05) is 6.54 Å². The first-order valence-electron chi connectivity index (χ1n) is 11.8. The minimum Gasteiger partial charge on any atom is -0.345 e. The largest absolute Gasteiger partial charge is 0.345 e. The van der Waals surface area contributed by atoms with Crippen LogP contribution in [0.3, 0.4) is 0 Å². The van der Waals surface area contributed by atoms with E-state index >= 15 is 0 Å². The summed E-state index contributed by atoms with van der Waals surface area (Å²) in [5, 5.41) is 9.26. The third-order valence-corrected chi connectivity index (χ3v) is 7.49. The molecule has 5 rings (SSSR count). The van der Waals surface area contributed by atoms with Crippen LogP contribution in [0.1, 0.15) is 48.2 Å². The van der Waals surface area contributed by atoms with Crippen molar-refractivity contribution in [3.8, 4) is 22.4 Å². The Kier molecular flexibility index (Phi) is 6.53. The number of rotatable bonds is 5. The summed E-state index contributed by atoms with van der Waals surface area (Å²) in [4.78, 5) is 18.3. The number of fused-ring (bicyclic) bond motifs is 1. The standard InChI is InChI=1S/C27H27Cl2N5O/c1-17-23(26(35)32-27(16-30)13-5-2-6-14-27)25-31-15-21(20-7-3-4-8-22(20)29)24(34(25)33-17)18-9-11-19(28)12-10-18/h3-4,7-12,15H,2,5-6,13-14,16,30H2,1H3,(H,32,35). The third kappa shape index (κ3) is 4.42. The number of benzene rings is 2. The number of nitrogens with one attached hydrogen (secondary N) is 1. The highest BCUT2D eigenvalue weighted by Crippen LogP contribution is 2.37. The van der Waals surface area contributed by atoms with Gasteiger partial charge in [0.05, 0.1) is 16.9 Å². The van der Waals surface area contributed by atoms with Gasteiger partial charge in [0.25, 0.3) is 5.91 Å². The summed E-state index contributed by atoms with van der Waals surface area (Å²) in [6.45, 7) is 2.25. The molecule has 0 atom stereocenters. The molecule has 0 radical (unpaired) electrons. The van der Waals surface area contributed by atoms with Crippen molar-refractivity contribution in [3.63, 3.8) is 0 Å². The molecule has 180 valence electrons. The first-order valence-corrected chi connectivity index (χ1v) is 12.6. The number of carbonyl (C=O) groups excluding carboxylic acids is 1. The van der Waals surface area contributed by atoms with Crippen LogP contribution >= 0.6 is 23.2 Å². The zero-order chi connectivity index (χ0) is 24.6. The normalized spacial score (nSPS) is 15.3. The number of aryl methyl sites for hydroxylation is 1. The number of carbonyl (C=O) groups is 1. The van der Waals surface area contributed by atoms with E-state index in [0.717, 1.165) is 48.1 Å². The molecule has 0 saturated heterocycles. The number of nitrogens with two attached hydrogens (primary N) is 1. The van der Waals surface area contributed by atoms with Gasteiger partial charge in [-0.15, -0.1) is 0 Å². The molecule has 35 heavy (non-hydrogen) atoms. The van der Waals surface area contributed by atoms with E-state index in [0.29, 0.717) is 33.5 Å². The molecule has 1 aliphatic rings. The molecule has 4 aromatic rings. The predicted octanol–water partition coefficient (Wildman–Crippen LogP) is 6.07. The number of aromatic nitrogens is 3. The van der Waals surface area contributed by atoms with Gasteiger partial charge in [-0.1, -0.05) is 72.8 Å². The molecule has 1 fully saturated rings. The van der Waals surface area contributed by atoms with E-state index in [1.54, 1.807) is 10.7 Å². The Morgan fingerprint density at radius 3 is 2.46 bits per heavy atom. The quantitative estimate of drug-likeness (QED) is 0.343. The topological polar surface area (TPSA) is 85.3 Å². The number of hydrogen-bond donors (Lipinski definition) is 2. The molecule has 1 amide bonds. The molecule has 0 spiro atoms. The maximum absolute atomic E-state index is 13.6. The van der Waals surface area contributed by atoms with Gasteiger partial charge in [0.2, 0.25) is 0 Å². The molecule has 1 saturated carbocycles. The van der Waals surface area contributed by atoms with Crippen LogP contribution in [0.5, 0.6) is 0 Å². The first-order chi connectivity index (χ1) is 16.9. The average molecular weight is 508 g/mol. The van der Waals surface area contributed by atoms with Gasteiger partial charge in [-0.2, -0.15) is 5.10 Å². The third-order valence-electron chi connectivity index (χ3n) is 6.91. The Balaban J connectivity index is 1.68. The summed E-state index contributed by atoms with van der Waals surface area (Å²) in [5.41, 5.74) is 10.6. The van der Waals surface area contributed by atoms with E-state index in [-0.39, 0.29) is 11.4 Å². The van der Waals surface area contributed by atoms with Crippen LogP contribution in [-0.4, -0.2) is 32.6 Å². The Labute approximate surface area is 214 Å². The Hall–Kier alpha value is -2.93. The summed E-state index contributed by atoms with van der Waals surface area (Å²) in [5.74, 6) is -0.190. The summed E-state index contributed by atoms with van der Waals surface area (Å²) in [7, 11) is 0. The highest BCUT2D eigenvalue weighted by Gasteiger charge is 2.34. The predicted molar refractivity (Wildman–Crippen MR) is 141 cm³/mol. The number of halogens is 2. The monoisotopic (exact) mass is 507 g/mol. The molecule has 2 heterocycles. The second-order valence-electron chi connectivity index (χ2n) is 9.20. The fourth-order valence-corrected chi connectivity index (χ4v) is 5.39. The maximum Gasteiger partial charge on any atom is 0.257 e. The molecule has 0 unspecified atom stereocenters. The number of amides is 1. The molecular weight excluding hydrogens is 481 g/mol. The van der Waals surface area contributed by atoms with E-state index in [2.05, 4.69) is 5.32 Å². The molecule has 2 aromatic heterocycles. The van der Waals surface area contributed by atoms with Gasteiger partial charge < -0.3 is 11.1 Å². The van der Waals surface area contributed by atoms with Gasteiger partial charge in [-0.3, -0.25) is 4.79 Å². The zero-order valence-electron chi connectivity index (χ0n) is 19.5. The van der Waals surface area contributed by atoms with Gasteiger partial charge in [0.1, 0.15) is 5.56 Å². The zero-order valence-corrected chi connectivity index (χ0v) is 21.0. The van der Waals surface area contributed by atoms with Gasteiger partial charge in [-0.25, -0.2) is 9.50 Å². The van der Waals surface area contributed by atoms with E-state index in [1.165, 1.54) is 6.42 Å². The molecule has 0 bridgehead atoms. The lowest BCUT2D eigenvalue weighted by molar-refractivity contribution is 0.0875. The van der Waals surface area contributed by atoms with Gasteiger partial charge >= 0.3 is 0 Å². The summed E-state index contributed by atoms with van der Waals surface area (Å²) in [6.07, 6.45) is 6.82. The minimum absolute atomic E-state index is 0.190. The van der Waals surface area contributed by atoms with Crippen LogP contribution in [0.4, 0.5) is 0 Å². The summed E-state index contributed by atoms with van der Waals surface area (Å²) < 4.78 is 1.74. The van der Waals surface area contributed by atoms with Gasteiger partial charge in [-0.05, 0) is 38.0 Å². The van der Waals surface area contributed by atoms with E-state index in [4.69, 9.17) is 39.0 Å². The van der Waals surface area contributed by atoms with Crippen LogP contribution in [0.25, 0.3) is 28.0 Å². The van der Waals surface area contributed by atoms with Gasteiger partial charge in [0, 0.05) is 39.5 Å². The average Bonchev–Trinajstić information content (AvgIpc) is 3.21. The lowest BCUT2D eigenvalue weighted by atomic mass is 9.81. The van der Waals surface area contributed by atoms with Crippen molar-refractivity contribution in [1.29, 1.82) is 0 Å².